The summed E-state index contributed by atoms with van der Waals surface area (Å²) < 4.78 is 3.53. The number of hydrogen-bond donors (Lipinski definition) is 0. The maximum Gasteiger partial charge on any atom is 0.290 e. The van der Waals surface area contributed by atoms with Crippen molar-refractivity contribution in [2.75, 3.05) is 31.1 Å². The van der Waals surface area contributed by atoms with Crippen LogP contribution in [0.15, 0.2) is 53.3 Å². The minimum atomic E-state index is -0.163. The summed E-state index contributed by atoms with van der Waals surface area (Å²) >= 11 is 6.46. The third kappa shape index (κ3) is 3.85. The van der Waals surface area contributed by atoms with Gasteiger partial charge in [0, 0.05) is 45.5 Å². The van der Waals surface area contributed by atoms with Gasteiger partial charge in [0.1, 0.15) is 5.02 Å². The summed E-state index contributed by atoms with van der Waals surface area (Å²) in [6.45, 7) is 8.79. The lowest BCUT2D eigenvalue weighted by atomic mass is 10.1. The Labute approximate surface area is 176 Å². The van der Waals surface area contributed by atoms with Crippen molar-refractivity contribution in [1.29, 1.82) is 0 Å². The van der Waals surface area contributed by atoms with E-state index in [2.05, 4.69) is 41.8 Å². The van der Waals surface area contributed by atoms with Crippen LogP contribution in [-0.4, -0.2) is 40.4 Å². The Bertz CT molecular complexity index is 1060. The number of anilines is 1. The monoisotopic (exact) mass is 410 g/mol. The van der Waals surface area contributed by atoms with Gasteiger partial charge in [0.25, 0.3) is 5.56 Å². The molecule has 0 atom stereocenters. The molecular formula is C23H27ClN4O. The maximum atomic E-state index is 12.7. The quantitative estimate of drug-likeness (QED) is 0.656. The molecular weight excluding hydrogens is 384 g/mol. The number of nitrogens with zero attached hydrogens (tertiary/aromatic N) is 4. The van der Waals surface area contributed by atoms with Crippen molar-refractivity contribution in [1.82, 2.24) is 14.3 Å². The second-order valence-corrected chi connectivity index (χ2v) is 8.17. The van der Waals surface area contributed by atoms with Crippen LogP contribution in [-0.2, 0) is 13.6 Å². The Hall–Kier alpha value is -2.50. The maximum absolute atomic E-state index is 12.7. The lowest BCUT2D eigenvalue weighted by molar-refractivity contribution is 0.243. The first-order chi connectivity index (χ1) is 14.0. The van der Waals surface area contributed by atoms with Crippen molar-refractivity contribution in [3.8, 4) is 5.69 Å². The Morgan fingerprint density at radius 3 is 2.34 bits per heavy atom. The Morgan fingerprint density at radius 1 is 0.966 bits per heavy atom. The molecule has 0 radical (unpaired) electrons. The zero-order valence-corrected chi connectivity index (χ0v) is 18.0. The summed E-state index contributed by atoms with van der Waals surface area (Å²) in [6.07, 6.45) is 0. The molecule has 0 spiro atoms. The standard InChI is InChI=1S/C23H27ClN4O/c1-17-9-10-18(2)20(15-17)27-13-11-26(12-14-27)16-21-22(24)23(29)28(25(21)3)19-7-5-4-6-8-19/h4-10,15H,11-14,16H2,1-3H3. The molecule has 4 rings (SSSR count). The van der Waals surface area contributed by atoms with Gasteiger partial charge in [0.05, 0.1) is 11.4 Å². The number of aryl methyl sites for hydroxylation is 2. The fourth-order valence-corrected chi connectivity index (χ4v) is 4.33. The fraction of sp³-hybridized carbons (Fsp3) is 0.348. The van der Waals surface area contributed by atoms with Gasteiger partial charge in [-0.05, 0) is 43.2 Å². The zero-order valence-electron chi connectivity index (χ0n) is 17.2. The minimum Gasteiger partial charge on any atom is -0.369 e. The van der Waals surface area contributed by atoms with Crippen molar-refractivity contribution in [3.63, 3.8) is 0 Å². The van der Waals surface area contributed by atoms with E-state index in [1.807, 2.05) is 42.1 Å². The average Bonchev–Trinajstić information content (AvgIpc) is 2.94. The zero-order chi connectivity index (χ0) is 20.5. The van der Waals surface area contributed by atoms with Crippen LogP contribution in [0, 0.1) is 13.8 Å². The topological polar surface area (TPSA) is 33.4 Å². The molecule has 1 saturated heterocycles. The lowest BCUT2D eigenvalue weighted by Crippen LogP contribution is -2.46. The summed E-state index contributed by atoms with van der Waals surface area (Å²) in [5.74, 6) is 0. The highest BCUT2D eigenvalue weighted by molar-refractivity contribution is 6.31. The van der Waals surface area contributed by atoms with Gasteiger partial charge in [-0.15, -0.1) is 0 Å². The molecule has 29 heavy (non-hydrogen) atoms. The molecule has 0 saturated carbocycles. The van der Waals surface area contributed by atoms with Crippen LogP contribution in [0.25, 0.3) is 5.69 Å². The van der Waals surface area contributed by atoms with Gasteiger partial charge in [0.15, 0.2) is 0 Å². The van der Waals surface area contributed by atoms with Crippen molar-refractivity contribution >= 4 is 17.3 Å². The van der Waals surface area contributed by atoms with E-state index < -0.39 is 0 Å². The first-order valence-corrected chi connectivity index (χ1v) is 10.4. The van der Waals surface area contributed by atoms with Crippen molar-refractivity contribution in [2.45, 2.75) is 20.4 Å². The van der Waals surface area contributed by atoms with E-state index in [0.717, 1.165) is 37.6 Å². The van der Waals surface area contributed by atoms with Gasteiger partial charge in [-0.25, -0.2) is 4.68 Å². The normalized spacial score (nSPS) is 15.1. The van der Waals surface area contributed by atoms with Crippen LogP contribution in [0.4, 0.5) is 5.69 Å². The van der Waals surface area contributed by atoms with E-state index in [1.165, 1.54) is 16.8 Å². The van der Waals surface area contributed by atoms with Crippen LogP contribution in [0.3, 0.4) is 0 Å². The van der Waals surface area contributed by atoms with E-state index >= 15 is 0 Å². The molecule has 1 aromatic heterocycles. The second kappa shape index (κ2) is 8.09. The molecule has 1 aliphatic heterocycles. The molecule has 5 nitrogen and oxygen atoms in total. The van der Waals surface area contributed by atoms with E-state index in [0.29, 0.717) is 11.6 Å². The molecule has 6 heteroatoms. The predicted octanol–water partition coefficient (Wildman–Crippen LogP) is 3.77. The van der Waals surface area contributed by atoms with Crippen LogP contribution in [0.1, 0.15) is 16.8 Å². The molecule has 0 bridgehead atoms. The van der Waals surface area contributed by atoms with E-state index in [-0.39, 0.29) is 5.56 Å². The number of halogens is 1. The number of aromatic nitrogens is 2. The summed E-state index contributed by atoms with van der Waals surface area (Å²) in [6, 6.07) is 16.3. The molecule has 3 aromatic rings. The van der Waals surface area contributed by atoms with Crippen LogP contribution < -0.4 is 10.5 Å². The lowest BCUT2D eigenvalue weighted by Gasteiger charge is -2.37. The van der Waals surface area contributed by atoms with Gasteiger partial charge >= 0.3 is 0 Å². The highest BCUT2D eigenvalue weighted by Gasteiger charge is 2.23. The van der Waals surface area contributed by atoms with Gasteiger partial charge in [-0.1, -0.05) is 41.9 Å². The summed E-state index contributed by atoms with van der Waals surface area (Å²) in [4.78, 5) is 17.6. The fourth-order valence-electron chi connectivity index (χ4n) is 4.07. The van der Waals surface area contributed by atoms with Crippen LogP contribution in [0.2, 0.25) is 5.02 Å². The third-order valence-electron chi connectivity index (χ3n) is 5.78. The van der Waals surface area contributed by atoms with Gasteiger partial charge in [0.2, 0.25) is 0 Å². The number of para-hydroxylation sites is 1. The van der Waals surface area contributed by atoms with E-state index in [9.17, 15) is 4.79 Å². The summed E-state index contributed by atoms with van der Waals surface area (Å²) in [5.41, 5.74) is 5.45. The molecule has 0 amide bonds. The largest absolute Gasteiger partial charge is 0.369 e. The second-order valence-electron chi connectivity index (χ2n) is 7.79. The highest BCUT2D eigenvalue weighted by Crippen LogP contribution is 2.24. The molecule has 1 aliphatic rings. The van der Waals surface area contributed by atoms with Crippen molar-refractivity contribution in [2.24, 2.45) is 7.05 Å². The number of benzene rings is 2. The number of rotatable bonds is 4. The average molecular weight is 411 g/mol. The van der Waals surface area contributed by atoms with Gasteiger partial charge < -0.3 is 4.90 Å². The molecule has 0 aliphatic carbocycles. The van der Waals surface area contributed by atoms with Crippen molar-refractivity contribution in [3.05, 3.63) is 80.7 Å². The summed E-state index contributed by atoms with van der Waals surface area (Å²) in [5, 5.41) is 0.313. The smallest absolute Gasteiger partial charge is 0.290 e. The molecule has 1 fully saturated rings. The molecule has 0 N–H and O–H groups in total. The highest BCUT2D eigenvalue weighted by atomic mass is 35.5. The first-order valence-electron chi connectivity index (χ1n) is 10.0. The molecule has 2 heterocycles. The Morgan fingerprint density at radius 2 is 1.66 bits per heavy atom. The van der Waals surface area contributed by atoms with E-state index in [1.54, 1.807) is 4.68 Å². The molecule has 152 valence electrons. The summed E-state index contributed by atoms with van der Waals surface area (Å²) in [7, 11) is 1.90. The first kappa shape index (κ1) is 19.8. The molecule has 2 aromatic carbocycles. The van der Waals surface area contributed by atoms with Crippen LogP contribution >= 0.6 is 11.6 Å². The number of piperazine rings is 1. The van der Waals surface area contributed by atoms with Gasteiger partial charge in [-0.2, -0.15) is 0 Å². The van der Waals surface area contributed by atoms with Crippen molar-refractivity contribution < 1.29 is 0 Å². The number of hydrogen-bond acceptors (Lipinski definition) is 3. The predicted molar refractivity (Wildman–Crippen MR) is 119 cm³/mol. The molecule has 0 unspecified atom stereocenters. The Kier molecular flexibility index (Phi) is 5.52. The SMILES string of the molecule is Cc1ccc(C)c(N2CCN(Cc3c(Cl)c(=O)n(-c4ccccc4)n3C)CC2)c1. The minimum absolute atomic E-state index is 0.163. The van der Waals surface area contributed by atoms with Crippen LogP contribution in [0.5, 0.6) is 0 Å². The van der Waals surface area contributed by atoms with Gasteiger partial charge in [-0.3, -0.25) is 14.4 Å². The Balaban J connectivity index is 1.50. The van der Waals surface area contributed by atoms with E-state index in [4.69, 9.17) is 11.6 Å². The third-order valence-corrected chi connectivity index (χ3v) is 6.16.